The summed E-state index contributed by atoms with van der Waals surface area (Å²) in [7, 11) is 0. The molecule has 1 saturated heterocycles. The molecule has 1 amide bonds. The zero-order valence-corrected chi connectivity index (χ0v) is 15.4. The normalized spacial score (nSPS) is 24.7. The highest BCUT2D eigenvalue weighted by Crippen LogP contribution is 2.45. The Balaban J connectivity index is 0.00000161. The van der Waals surface area contributed by atoms with Crippen LogP contribution in [0.4, 0.5) is 0 Å². The minimum atomic E-state index is 0. The molecule has 6 heteroatoms. The van der Waals surface area contributed by atoms with Gasteiger partial charge in [-0.2, -0.15) is 0 Å². The lowest BCUT2D eigenvalue weighted by atomic mass is 10.1. The fourth-order valence-corrected chi connectivity index (χ4v) is 2.70. The summed E-state index contributed by atoms with van der Waals surface area (Å²) in [6.45, 7) is 8.35. The molecule has 3 aliphatic rings. The Labute approximate surface area is 144 Å². The summed E-state index contributed by atoms with van der Waals surface area (Å²) in [6.07, 6.45) is 4.95. The van der Waals surface area contributed by atoms with Crippen LogP contribution in [0.25, 0.3) is 0 Å². The highest BCUT2D eigenvalue weighted by molar-refractivity contribution is 14.0. The Morgan fingerprint density at radius 2 is 2.10 bits per heavy atom. The first-order chi connectivity index (χ1) is 9.61. The zero-order valence-electron chi connectivity index (χ0n) is 13.1. The molecule has 3 fully saturated rings. The molecule has 0 aromatic rings. The molecule has 1 N–H and O–H groups in total. The van der Waals surface area contributed by atoms with Crippen molar-refractivity contribution in [3.63, 3.8) is 0 Å². The highest BCUT2D eigenvalue weighted by atomic mass is 127. The summed E-state index contributed by atoms with van der Waals surface area (Å²) < 4.78 is 0. The summed E-state index contributed by atoms with van der Waals surface area (Å²) >= 11 is 0. The standard InChI is InChI=1S/C15H26N4O.HI/c1-3-16-14(17-11-15(2)6-7-15)18-8-9-19(12-4-5-12)13(20)10-18;/h12H,3-11H2,1-2H3,(H,16,17);1H. The lowest BCUT2D eigenvalue weighted by Crippen LogP contribution is -2.55. The van der Waals surface area contributed by atoms with Gasteiger partial charge in [0, 0.05) is 32.2 Å². The van der Waals surface area contributed by atoms with Gasteiger partial charge in [0.25, 0.3) is 0 Å². The van der Waals surface area contributed by atoms with Crippen LogP contribution in [0.2, 0.25) is 0 Å². The third-order valence-electron chi connectivity index (χ3n) is 4.59. The summed E-state index contributed by atoms with van der Waals surface area (Å²) in [6, 6.07) is 0.537. The molecule has 2 aliphatic carbocycles. The van der Waals surface area contributed by atoms with E-state index in [4.69, 9.17) is 4.99 Å². The van der Waals surface area contributed by atoms with E-state index in [0.29, 0.717) is 18.0 Å². The van der Waals surface area contributed by atoms with Gasteiger partial charge in [0.2, 0.25) is 5.91 Å². The van der Waals surface area contributed by atoms with Gasteiger partial charge in [-0.15, -0.1) is 24.0 Å². The van der Waals surface area contributed by atoms with E-state index in [0.717, 1.165) is 32.1 Å². The number of amides is 1. The number of aliphatic imine (C=N–C) groups is 1. The molecule has 1 heterocycles. The second kappa shape index (κ2) is 6.71. The zero-order chi connectivity index (χ0) is 14.2. The van der Waals surface area contributed by atoms with Gasteiger partial charge in [0.1, 0.15) is 0 Å². The van der Waals surface area contributed by atoms with Crippen molar-refractivity contribution in [3.8, 4) is 0 Å². The van der Waals surface area contributed by atoms with E-state index in [2.05, 4.69) is 29.0 Å². The maximum absolute atomic E-state index is 12.2. The maximum Gasteiger partial charge on any atom is 0.242 e. The summed E-state index contributed by atoms with van der Waals surface area (Å²) in [5.41, 5.74) is 0.417. The van der Waals surface area contributed by atoms with Crippen LogP contribution in [0.1, 0.15) is 39.5 Å². The van der Waals surface area contributed by atoms with E-state index in [9.17, 15) is 4.79 Å². The van der Waals surface area contributed by atoms with Gasteiger partial charge in [-0.05, 0) is 38.0 Å². The Morgan fingerprint density at radius 3 is 2.62 bits per heavy atom. The topological polar surface area (TPSA) is 47.9 Å². The molecule has 0 aromatic heterocycles. The first-order valence-corrected chi connectivity index (χ1v) is 7.94. The second-order valence-corrected chi connectivity index (χ2v) is 6.72. The molecule has 0 bridgehead atoms. The van der Waals surface area contributed by atoms with E-state index in [-0.39, 0.29) is 29.9 Å². The predicted molar refractivity (Wildman–Crippen MR) is 95.0 cm³/mol. The number of carbonyl (C=O) groups excluding carboxylic acids is 1. The smallest absolute Gasteiger partial charge is 0.242 e. The predicted octanol–water partition coefficient (Wildman–Crippen LogP) is 1.68. The fourth-order valence-electron chi connectivity index (χ4n) is 2.70. The van der Waals surface area contributed by atoms with Crippen LogP contribution in [0.15, 0.2) is 4.99 Å². The number of hydrogen-bond acceptors (Lipinski definition) is 2. The van der Waals surface area contributed by atoms with Gasteiger partial charge in [0.15, 0.2) is 5.96 Å². The van der Waals surface area contributed by atoms with Crippen LogP contribution in [0.3, 0.4) is 0 Å². The van der Waals surface area contributed by atoms with Gasteiger partial charge in [-0.1, -0.05) is 6.92 Å². The van der Waals surface area contributed by atoms with Crippen molar-refractivity contribution in [1.82, 2.24) is 15.1 Å². The molecule has 120 valence electrons. The molecule has 0 unspecified atom stereocenters. The van der Waals surface area contributed by atoms with E-state index in [1.54, 1.807) is 0 Å². The molecule has 2 saturated carbocycles. The first-order valence-electron chi connectivity index (χ1n) is 7.94. The SMILES string of the molecule is CCNC(=NCC1(C)CC1)N1CCN(C2CC2)C(=O)C1.I. The number of guanidine groups is 1. The molecule has 1 aliphatic heterocycles. The van der Waals surface area contributed by atoms with E-state index < -0.39 is 0 Å². The van der Waals surface area contributed by atoms with Crippen LogP contribution in [-0.4, -0.2) is 60.4 Å². The van der Waals surface area contributed by atoms with Crippen molar-refractivity contribution >= 4 is 35.8 Å². The molecule has 5 nitrogen and oxygen atoms in total. The summed E-state index contributed by atoms with van der Waals surface area (Å²) in [5, 5.41) is 3.34. The number of halogens is 1. The van der Waals surface area contributed by atoms with Crippen LogP contribution in [0.5, 0.6) is 0 Å². The molecule has 0 radical (unpaired) electrons. The molecule has 0 atom stereocenters. The Morgan fingerprint density at radius 1 is 1.38 bits per heavy atom. The second-order valence-electron chi connectivity index (χ2n) is 6.72. The van der Waals surface area contributed by atoms with E-state index >= 15 is 0 Å². The molecule has 0 spiro atoms. The quantitative estimate of drug-likeness (QED) is 0.439. The van der Waals surface area contributed by atoms with Crippen molar-refractivity contribution in [2.45, 2.75) is 45.6 Å². The molecular formula is C15H27IN4O. The van der Waals surface area contributed by atoms with Crippen molar-refractivity contribution in [2.24, 2.45) is 10.4 Å². The van der Waals surface area contributed by atoms with E-state index in [1.165, 1.54) is 25.7 Å². The van der Waals surface area contributed by atoms with E-state index in [1.807, 2.05) is 0 Å². The average Bonchev–Trinajstić information content (AvgIpc) is 3.32. The number of hydrogen-bond donors (Lipinski definition) is 1. The summed E-state index contributed by atoms with van der Waals surface area (Å²) in [4.78, 5) is 21.1. The van der Waals surface area contributed by atoms with Crippen LogP contribution in [-0.2, 0) is 4.79 Å². The maximum atomic E-state index is 12.2. The highest BCUT2D eigenvalue weighted by Gasteiger charge is 2.38. The lowest BCUT2D eigenvalue weighted by Gasteiger charge is -2.36. The van der Waals surface area contributed by atoms with Crippen LogP contribution in [0, 0.1) is 5.41 Å². The van der Waals surface area contributed by atoms with Crippen LogP contribution < -0.4 is 5.32 Å². The molecule has 3 rings (SSSR count). The van der Waals surface area contributed by atoms with Crippen molar-refractivity contribution in [1.29, 1.82) is 0 Å². The van der Waals surface area contributed by atoms with Gasteiger partial charge in [-0.3, -0.25) is 9.79 Å². The van der Waals surface area contributed by atoms with Gasteiger partial charge >= 0.3 is 0 Å². The Bertz CT molecular complexity index is 418. The number of carbonyl (C=O) groups is 1. The third kappa shape index (κ3) is 4.23. The average molecular weight is 406 g/mol. The third-order valence-corrected chi connectivity index (χ3v) is 4.59. The minimum Gasteiger partial charge on any atom is -0.357 e. The minimum absolute atomic E-state index is 0. The Kier molecular flexibility index (Phi) is 5.38. The monoisotopic (exact) mass is 406 g/mol. The number of piperazine rings is 1. The summed E-state index contributed by atoms with van der Waals surface area (Å²) in [5.74, 6) is 1.19. The molecular weight excluding hydrogens is 379 g/mol. The van der Waals surface area contributed by atoms with Crippen molar-refractivity contribution in [3.05, 3.63) is 0 Å². The van der Waals surface area contributed by atoms with Gasteiger partial charge < -0.3 is 15.1 Å². The largest absolute Gasteiger partial charge is 0.357 e. The van der Waals surface area contributed by atoms with Gasteiger partial charge in [0.05, 0.1) is 6.54 Å². The number of rotatable bonds is 4. The number of nitrogens with one attached hydrogen (secondary N) is 1. The van der Waals surface area contributed by atoms with Crippen molar-refractivity contribution in [2.75, 3.05) is 32.7 Å². The van der Waals surface area contributed by atoms with Gasteiger partial charge in [-0.25, -0.2) is 0 Å². The van der Waals surface area contributed by atoms with Crippen LogP contribution >= 0.6 is 24.0 Å². The Hall–Kier alpha value is -0.530. The fraction of sp³-hybridized carbons (Fsp3) is 0.867. The number of nitrogens with zero attached hydrogens (tertiary/aromatic N) is 3. The molecule has 21 heavy (non-hydrogen) atoms. The van der Waals surface area contributed by atoms with Crippen molar-refractivity contribution < 1.29 is 4.79 Å². The first kappa shape index (κ1) is 16.8. The molecule has 0 aromatic carbocycles. The lowest BCUT2D eigenvalue weighted by molar-refractivity contribution is -0.135.